The number of amides is 1. The van der Waals surface area contributed by atoms with E-state index in [9.17, 15) is 35.5 Å². The van der Waals surface area contributed by atoms with E-state index < -0.39 is 35.2 Å². The molecule has 13 heteroatoms. The van der Waals surface area contributed by atoms with Gasteiger partial charge in [-0.3, -0.25) is 4.79 Å². The summed E-state index contributed by atoms with van der Waals surface area (Å²) in [4.78, 5) is 17.0. The standard InChI is InChI=1S/C31H21F7N4O2/c1-18-2-5-21(16-26(18)31(36,37)38)28(43)39-24-12-14-25(15-13-24)42-27(20-6-8-22(9-7-20)30(33,34)35)40-29(41-42)44-17-19-3-10-23(32)11-4-19/h2-16H,17H2,1H3,(H,39,43). The first kappa shape index (κ1) is 30.3. The van der Waals surface area contributed by atoms with Crippen LogP contribution >= 0.6 is 0 Å². The van der Waals surface area contributed by atoms with Crippen molar-refractivity contribution in [1.29, 1.82) is 0 Å². The summed E-state index contributed by atoms with van der Waals surface area (Å²) < 4.78 is 99.5. The smallest absolute Gasteiger partial charge is 0.416 e. The second kappa shape index (κ2) is 11.8. The third-order valence-corrected chi connectivity index (χ3v) is 6.51. The molecule has 0 atom stereocenters. The van der Waals surface area contributed by atoms with E-state index in [1.54, 1.807) is 0 Å². The van der Waals surface area contributed by atoms with Gasteiger partial charge in [0.1, 0.15) is 12.4 Å². The minimum atomic E-state index is -4.62. The van der Waals surface area contributed by atoms with Crippen LogP contribution in [0, 0.1) is 12.7 Å². The second-order valence-corrected chi connectivity index (χ2v) is 9.65. The maximum atomic E-state index is 13.3. The van der Waals surface area contributed by atoms with Gasteiger partial charge in [0, 0.05) is 16.8 Å². The summed E-state index contributed by atoms with van der Waals surface area (Å²) in [5.41, 5.74) is -0.411. The molecular formula is C31H21F7N4O2. The number of rotatable bonds is 7. The molecule has 1 N–H and O–H groups in total. The minimum Gasteiger partial charge on any atom is -0.457 e. The summed E-state index contributed by atoms with van der Waals surface area (Å²) >= 11 is 0. The fraction of sp³-hybridized carbons (Fsp3) is 0.129. The Kier molecular flexibility index (Phi) is 8.13. The number of benzene rings is 4. The van der Waals surface area contributed by atoms with Gasteiger partial charge < -0.3 is 10.1 Å². The molecule has 1 heterocycles. The molecule has 1 amide bonds. The number of alkyl halides is 6. The molecular weight excluding hydrogens is 593 g/mol. The van der Waals surface area contributed by atoms with Crippen LogP contribution < -0.4 is 10.1 Å². The van der Waals surface area contributed by atoms with E-state index in [1.807, 2.05) is 0 Å². The number of nitrogens with zero attached hydrogens (tertiary/aromatic N) is 3. The average Bonchev–Trinajstić information content (AvgIpc) is 3.41. The first-order valence-electron chi connectivity index (χ1n) is 12.9. The Bertz CT molecular complexity index is 1780. The van der Waals surface area contributed by atoms with Gasteiger partial charge in [0.15, 0.2) is 5.82 Å². The van der Waals surface area contributed by atoms with Crippen molar-refractivity contribution in [3.05, 3.63) is 125 Å². The van der Waals surface area contributed by atoms with Gasteiger partial charge >= 0.3 is 18.4 Å². The Morgan fingerprint density at radius 1 is 0.841 bits per heavy atom. The molecule has 5 rings (SSSR count). The van der Waals surface area contributed by atoms with Gasteiger partial charge in [-0.25, -0.2) is 9.07 Å². The van der Waals surface area contributed by atoms with Crippen LogP contribution in [0.4, 0.5) is 36.4 Å². The molecule has 0 aliphatic carbocycles. The van der Waals surface area contributed by atoms with Gasteiger partial charge in [-0.1, -0.05) is 30.3 Å². The van der Waals surface area contributed by atoms with Gasteiger partial charge in [-0.15, -0.1) is 5.10 Å². The maximum Gasteiger partial charge on any atom is 0.416 e. The van der Waals surface area contributed by atoms with E-state index in [4.69, 9.17) is 4.74 Å². The van der Waals surface area contributed by atoms with Gasteiger partial charge in [0.25, 0.3) is 5.91 Å². The zero-order valence-electron chi connectivity index (χ0n) is 22.7. The summed E-state index contributed by atoms with van der Waals surface area (Å²) in [6, 6.07) is 19.0. The number of ether oxygens (including phenoxy) is 1. The highest BCUT2D eigenvalue weighted by Gasteiger charge is 2.33. The molecule has 0 saturated heterocycles. The predicted octanol–water partition coefficient (Wildman–Crippen LogP) is 8.25. The molecule has 5 aromatic rings. The van der Waals surface area contributed by atoms with E-state index in [2.05, 4.69) is 15.4 Å². The Balaban J connectivity index is 1.41. The fourth-order valence-electron chi connectivity index (χ4n) is 4.22. The van der Waals surface area contributed by atoms with Crippen molar-refractivity contribution in [3.63, 3.8) is 0 Å². The lowest BCUT2D eigenvalue weighted by atomic mass is 10.0. The Morgan fingerprint density at radius 3 is 2.11 bits per heavy atom. The van der Waals surface area contributed by atoms with E-state index in [0.717, 1.165) is 18.2 Å². The van der Waals surface area contributed by atoms with Gasteiger partial charge in [-0.05, 0) is 78.7 Å². The average molecular weight is 615 g/mol. The number of halogens is 7. The number of carbonyl (C=O) groups excluding carboxylic acids is 1. The quantitative estimate of drug-likeness (QED) is 0.188. The van der Waals surface area contributed by atoms with Gasteiger partial charge in [0.05, 0.1) is 16.8 Å². The fourth-order valence-corrected chi connectivity index (χ4v) is 4.22. The molecule has 0 aliphatic heterocycles. The van der Waals surface area contributed by atoms with Crippen molar-refractivity contribution < 1.29 is 40.3 Å². The molecule has 0 spiro atoms. The van der Waals surface area contributed by atoms with Crippen LogP contribution in [0.5, 0.6) is 6.01 Å². The van der Waals surface area contributed by atoms with E-state index in [0.29, 0.717) is 16.8 Å². The second-order valence-electron chi connectivity index (χ2n) is 9.65. The Labute approximate surface area is 245 Å². The normalized spacial score (nSPS) is 11.8. The monoisotopic (exact) mass is 614 g/mol. The Morgan fingerprint density at radius 2 is 1.50 bits per heavy atom. The molecule has 0 aliphatic rings. The van der Waals surface area contributed by atoms with Crippen LogP contribution in [0.15, 0.2) is 91.0 Å². The van der Waals surface area contributed by atoms with Crippen molar-refractivity contribution in [2.75, 3.05) is 5.32 Å². The number of aryl methyl sites for hydroxylation is 1. The highest BCUT2D eigenvalue weighted by molar-refractivity contribution is 6.04. The zero-order chi connectivity index (χ0) is 31.6. The SMILES string of the molecule is Cc1ccc(C(=O)Nc2ccc(-n3nc(OCc4ccc(F)cc4)nc3-c3ccc(C(F)(F)F)cc3)cc2)cc1C(F)(F)F. The summed E-state index contributed by atoms with van der Waals surface area (Å²) in [6.45, 7) is 1.28. The summed E-state index contributed by atoms with van der Waals surface area (Å²) in [6.07, 6.45) is -9.16. The topological polar surface area (TPSA) is 69.0 Å². The van der Waals surface area contributed by atoms with Crippen LogP contribution in [0.3, 0.4) is 0 Å². The number of hydrogen-bond donors (Lipinski definition) is 1. The minimum absolute atomic E-state index is 0.0171. The lowest BCUT2D eigenvalue weighted by Gasteiger charge is -2.12. The zero-order valence-corrected chi connectivity index (χ0v) is 22.7. The van der Waals surface area contributed by atoms with Crippen molar-refractivity contribution in [3.8, 4) is 23.1 Å². The van der Waals surface area contributed by atoms with Gasteiger partial charge in [-0.2, -0.15) is 31.3 Å². The van der Waals surface area contributed by atoms with Gasteiger partial charge in [0.2, 0.25) is 0 Å². The van der Waals surface area contributed by atoms with E-state index in [1.165, 1.54) is 84.4 Å². The molecule has 6 nitrogen and oxygen atoms in total. The first-order chi connectivity index (χ1) is 20.8. The summed E-state index contributed by atoms with van der Waals surface area (Å²) in [5, 5.41) is 6.87. The van der Waals surface area contributed by atoms with Crippen molar-refractivity contribution >= 4 is 11.6 Å². The largest absolute Gasteiger partial charge is 0.457 e. The number of carbonyl (C=O) groups is 1. The number of nitrogens with one attached hydrogen (secondary N) is 1. The third kappa shape index (κ3) is 6.88. The molecule has 0 fully saturated rings. The lowest BCUT2D eigenvalue weighted by Crippen LogP contribution is -2.15. The van der Waals surface area contributed by atoms with Crippen molar-refractivity contribution in [1.82, 2.24) is 14.8 Å². The van der Waals surface area contributed by atoms with Crippen LogP contribution in [-0.4, -0.2) is 20.7 Å². The first-order valence-corrected chi connectivity index (χ1v) is 12.9. The van der Waals surface area contributed by atoms with Crippen LogP contribution in [0.2, 0.25) is 0 Å². The molecule has 4 aromatic carbocycles. The maximum absolute atomic E-state index is 13.3. The molecule has 226 valence electrons. The van der Waals surface area contributed by atoms with Crippen LogP contribution in [-0.2, 0) is 19.0 Å². The molecule has 44 heavy (non-hydrogen) atoms. The summed E-state index contributed by atoms with van der Waals surface area (Å²) in [5.74, 6) is -1.04. The number of aromatic nitrogens is 3. The van der Waals surface area contributed by atoms with Crippen LogP contribution in [0.25, 0.3) is 17.1 Å². The molecule has 0 radical (unpaired) electrons. The summed E-state index contributed by atoms with van der Waals surface area (Å²) in [7, 11) is 0. The molecule has 0 saturated carbocycles. The van der Waals surface area contributed by atoms with Crippen molar-refractivity contribution in [2.24, 2.45) is 0 Å². The number of anilines is 1. The highest BCUT2D eigenvalue weighted by atomic mass is 19.4. The number of hydrogen-bond acceptors (Lipinski definition) is 4. The molecule has 0 unspecified atom stereocenters. The lowest BCUT2D eigenvalue weighted by molar-refractivity contribution is -0.138. The predicted molar refractivity (Wildman–Crippen MR) is 147 cm³/mol. The highest BCUT2D eigenvalue weighted by Crippen LogP contribution is 2.33. The Hall–Kier alpha value is -5.20. The van der Waals surface area contributed by atoms with Crippen LogP contribution in [0.1, 0.15) is 32.6 Å². The molecule has 1 aromatic heterocycles. The molecule has 0 bridgehead atoms. The van der Waals surface area contributed by atoms with Crippen molar-refractivity contribution in [2.45, 2.75) is 25.9 Å². The third-order valence-electron chi connectivity index (χ3n) is 6.51. The van der Waals surface area contributed by atoms with E-state index in [-0.39, 0.29) is 35.3 Å². The van der Waals surface area contributed by atoms with E-state index >= 15 is 0 Å².